The van der Waals surface area contributed by atoms with Crippen LogP contribution in [0.25, 0.3) is 11.4 Å². The Balaban J connectivity index is 2.24. The molecule has 0 radical (unpaired) electrons. The van der Waals surface area contributed by atoms with Crippen LogP contribution in [0.15, 0.2) is 18.2 Å². The molecule has 6 nitrogen and oxygen atoms in total. The Kier molecular flexibility index (Phi) is 4.49. The van der Waals surface area contributed by atoms with Gasteiger partial charge in [0, 0.05) is 40.1 Å². The predicted octanol–water partition coefficient (Wildman–Crippen LogP) is 1.39. The van der Waals surface area contributed by atoms with Crippen LogP contribution < -0.4 is 5.73 Å². The first kappa shape index (κ1) is 14.6. The number of aryl methyl sites for hydroxylation is 2. The van der Waals surface area contributed by atoms with Gasteiger partial charge in [0.1, 0.15) is 0 Å². The molecule has 0 saturated heterocycles. The highest BCUT2D eigenvalue weighted by molar-refractivity contribution is 7.84. The molecule has 108 valence electrons. The molecule has 2 unspecified atom stereocenters. The normalized spacial score (nSPS) is 14.2. The Morgan fingerprint density at radius 2 is 2.20 bits per heavy atom. The zero-order valence-electron chi connectivity index (χ0n) is 11.9. The van der Waals surface area contributed by atoms with Gasteiger partial charge in [-0.05, 0) is 41.5 Å². The lowest BCUT2D eigenvalue weighted by Crippen LogP contribution is -2.14. The second-order valence-corrected chi connectivity index (χ2v) is 6.70. The standard InChI is InChI=1S/C13H19N5OS/c1-9-4-5-11(14)8-12(9)13-15-16-17-18(13)7-6-10(2)20(3)19/h4-5,8,10H,6-7,14H2,1-3H3. The number of nitrogen functional groups attached to an aromatic ring is 1. The molecule has 2 atom stereocenters. The highest BCUT2D eigenvalue weighted by atomic mass is 32.2. The van der Waals surface area contributed by atoms with E-state index in [1.165, 1.54) is 0 Å². The smallest absolute Gasteiger partial charge is 0.182 e. The molecule has 0 spiro atoms. The monoisotopic (exact) mass is 293 g/mol. The van der Waals surface area contributed by atoms with Crippen molar-refractivity contribution < 1.29 is 4.21 Å². The third-order valence-electron chi connectivity index (χ3n) is 3.35. The topological polar surface area (TPSA) is 86.7 Å². The Hall–Kier alpha value is -1.76. The van der Waals surface area contributed by atoms with Crippen LogP contribution in [0.2, 0.25) is 0 Å². The number of hydrogen-bond donors (Lipinski definition) is 1. The molecule has 0 aliphatic carbocycles. The lowest BCUT2D eigenvalue weighted by molar-refractivity contribution is 0.556. The fourth-order valence-electron chi connectivity index (χ4n) is 1.90. The Morgan fingerprint density at radius 1 is 1.45 bits per heavy atom. The lowest BCUT2D eigenvalue weighted by Gasteiger charge is -2.10. The fourth-order valence-corrected chi connectivity index (χ4v) is 2.34. The number of nitrogens with zero attached hydrogens (tertiary/aromatic N) is 4. The molecule has 2 N–H and O–H groups in total. The summed E-state index contributed by atoms with van der Waals surface area (Å²) < 4.78 is 13.1. The predicted molar refractivity (Wildman–Crippen MR) is 80.5 cm³/mol. The van der Waals surface area contributed by atoms with Gasteiger partial charge >= 0.3 is 0 Å². The van der Waals surface area contributed by atoms with Crippen LogP contribution in [-0.2, 0) is 17.3 Å². The highest BCUT2D eigenvalue weighted by Gasteiger charge is 2.13. The first-order valence-electron chi connectivity index (χ1n) is 6.44. The largest absolute Gasteiger partial charge is 0.399 e. The van der Waals surface area contributed by atoms with Gasteiger partial charge in [0.15, 0.2) is 5.82 Å². The summed E-state index contributed by atoms with van der Waals surface area (Å²) in [6.07, 6.45) is 2.48. The van der Waals surface area contributed by atoms with Crippen LogP contribution in [-0.4, -0.2) is 35.9 Å². The maximum Gasteiger partial charge on any atom is 0.182 e. The van der Waals surface area contributed by atoms with Crippen molar-refractivity contribution in [3.05, 3.63) is 23.8 Å². The minimum atomic E-state index is -0.833. The molecule has 0 saturated carbocycles. The molecule has 1 aromatic carbocycles. The number of rotatable bonds is 5. The summed E-state index contributed by atoms with van der Waals surface area (Å²) in [5.41, 5.74) is 8.51. The van der Waals surface area contributed by atoms with Gasteiger partial charge < -0.3 is 5.73 Å². The van der Waals surface area contributed by atoms with E-state index in [2.05, 4.69) is 15.5 Å². The van der Waals surface area contributed by atoms with Gasteiger partial charge in [-0.1, -0.05) is 13.0 Å². The second kappa shape index (κ2) is 6.13. The van der Waals surface area contributed by atoms with E-state index in [-0.39, 0.29) is 5.25 Å². The molecule has 0 bridgehead atoms. The van der Waals surface area contributed by atoms with Crippen molar-refractivity contribution in [2.75, 3.05) is 12.0 Å². The van der Waals surface area contributed by atoms with E-state index in [0.29, 0.717) is 18.1 Å². The maximum absolute atomic E-state index is 11.4. The van der Waals surface area contributed by atoms with Crippen molar-refractivity contribution in [3.8, 4) is 11.4 Å². The van der Waals surface area contributed by atoms with E-state index >= 15 is 0 Å². The maximum atomic E-state index is 11.4. The number of anilines is 1. The first-order valence-corrected chi connectivity index (χ1v) is 8.06. The van der Waals surface area contributed by atoms with Crippen molar-refractivity contribution in [2.24, 2.45) is 0 Å². The Bertz CT molecular complexity index is 625. The van der Waals surface area contributed by atoms with E-state index in [9.17, 15) is 4.21 Å². The third kappa shape index (κ3) is 3.22. The molecular formula is C13H19N5OS. The van der Waals surface area contributed by atoms with E-state index < -0.39 is 10.8 Å². The van der Waals surface area contributed by atoms with Gasteiger partial charge in [-0.25, -0.2) is 4.68 Å². The molecule has 1 heterocycles. The summed E-state index contributed by atoms with van der Waals surface area (Å²) in [4.78, 5) is 0. The van der Waals surface area contributed by atoms with Gasteiger partial charge in [0.25, 0.3) is 0 Å². The van der Waals surface area contributed by atoms with Gasteiger partial charge in [-0.3, -0.25) is 4.21 Å². The highest BCUT2D eigenvalue weighted by Crippen LogP contribution is 2.23. The van der Waals surface area contributed by atoms with E-state index in [1.807, 2.05) is 32.0 Å². The van der Waals surface area contributed by atoms with Gasteiger partial charge in [0.2, 0.25) is 0 Å². The second-order valence-electron chi connectivity index (χ2n) is 4.90. The Labute approximate surface area is 120 Å². The summed E-state index contributed by atoms with van der Waals surface area (Å²) in [6, 6.07) is 5.68. The van der Waals surface area contributed by atoms with Crippen LogP contribution in [0.4, 0.5) is 5.69 Å². The van der Waals surface area contributed by atoms with Gasteiger partial charge in [-0.2, -0.15) is 0 Å². The third-order valence-corrected chi connectivity index (χ3v) is 4.72. The first-order chi connectivity index (χ1) is 9.49. The van der Waals surface area contributed by atoms with Crippen LogP contribution >= 0.6 is 0 Å². The molecule has 2 rings (SSSR count). The number of aromatic nitrogens is 4. The van der Waals surface area contributed by atoms with Crippen LogP contribution in [0.3, 0.4) is 0 Å². The molecule has 20 heavy (non-hydrogen) atoms. The minimum Gasteiger partial charge on any atom is -0.399 e. The number of tetrazole rings is 1. The molecule has 0 fully saturated rings. The lowest BCUT2D eigenvalue weighted by atomic mass is 10.1. The van der Waals surface area contributed by atoms with E-state index in [0.717, 1.165) is 17.5 Å². The molecule has 0 amide bonds. The molecular weight excluding hydrogens is 274 g/mol. The summed E-state index contributed by atoms with van der Waals surface area (Å²) in [6.45, 7) is 4.60. The van der Waals surface area contributed by atoms with Crippen molar-refractivity contribution in [3.63, 3.8) is 0 Å². The zero-order chi connectivity index (χ0) is 14.7. The zero-order valence-corrected chi connectivity index (χ0v) is 12.7. The summed E-state index contributed by atoms with van der Waals surface area (Å²) in [5, 5.41) is 11.9. The van der Waals surface area contributed by atoms with Crippen molar-refractivity contribution in [2.45, 2.75) is 32.1 Å². The average Bonchev–Trinajstić information content (AvgIpc) is 2.86. The van der Waals surface area contributed by atoms with Crippen molar-refractivity contribution in [1.29, 1.82) is 0 Å². The van der Waals surface area contributed by atoms with Gasteiger partial charge in [0.05, 0.1) is 0 Å². The Morgan fingerprint density at radius 3 is 2.90 bits per heavy atom. The average molecular weight is 293 g/mol. The minimum absolute atomic E-state index is 0.119. The molecule has 0 aliphatic heterocycles. The number of benzene rings is 1. The van der Waals surface area contributed by atoms with E-state index in [1.54, 1.807) is 10.9 Å². The van der Waals surface area contributed by atoms with Crippen LogP contribution in [0.5, 0.6) is 0 Å². The summed E-state index contributed by atoms with van der Waals surface area (Å²) in [7, 11) is -0.833. The molecule has 2 aromatic rings. The van der Waals surface area contributed by atoms with Crippen LogP contribution in [0, 0.1) is 6.92 Å². The fraction of sp³-hybridized carbons (Fsp3) is 0.462. The SMILES string of the molecule is Cc1ccc(N)cc1-c1nnnn1CCC(C)S(C)=O. The molecule has 7 heteroatoms. The molecule has 0 aliphatic rings. The number of nitrogens with two attached hydrogens (primary N) is 1. The van der Waals surface area contributed by atoms with Crippen LogP contribution in [0.1, 0.15) is 18.9 Å². The van der Waals surface area contributed by atoms with Crippen molar-refractivity contribution in [1.82, 2.24) is 20.2 Å². The summed E-state index contributed by atoms with van der Waals surface area (Å²) >= 11 is 0. The molecule has 1 aromatic heterocycles. The van der Waals surface area contributed by atoms with Gasteiger partial charge in [-0.15, -0.1) is 5.10 Å². The quantitative estimate of drug-likeness (QED) is 0.842. The van der Waals surface area contributed by atoms with E-state index in [4.69, 9.17) is 5.73 Å². The summed E-state index contributed by atoms with van der Waals surface area (Å²) in [5.74, 6) is 0.698. The number of hydrogen-bond acceptors (Lipinski definition) is 5. The van der Waals surface area contributed by atoms with Crippen molar-refractivity contribution >= 4 is 16.5 Å².